The number of rotatable bonds is 4. The summed E-state index contributed by atoms with van der Waals surface area (Å²) in [5.74, 6) is 0.787. The number of aryl methyl sites for hydroxylation is 1. The topological polar surface area (TPSA) is 46.5 Å². The predicted molar refractivity (Wildman–Crippen MR) is 131 cm³/mol. The number of amides is 2. The number of benzene rings is 3. The van der Waals surface area contributed by atoms with Crippen molar-refractivity contribution in [3.05, 3.63) is 114 Å². The molecule has 0 saturated heterocycles. The monoisotopic (exact) mass is 437 g/mol. The van der Waals surface area contributed by atoms with Crippen molar-refractivity contribution in [1.29, 1.82) is 0 Å². The lowest BCUT2D eigenvalue weighted by atomic mass is 10.0. The van der Waals surface area contributed by atoms with Crippen LogP contribution in [0.3, 0.4) is 0 Å². The fourth-order valence-corrected chi connectivity index (χ4v) is 4.44. The van der Waals surface area contributed by atoms with E-state index in [-0.39, 0.29) is 12.1 Å². The fraction of sp³-hybridized carbons (Fsp3) is 0.179. The summed E-state index contributed by atoms with van der Waals surface area (Å²) in [6.45, 7) is 5.13. The van der Waals surface area contributed by atoms with Crippen LogP contribution in [0.25, 0.3) is 5.69 Å². The van der Waals surface area contributed by atoms with E-state index in [0.717, 1.165) is 33.9 Å². The third kappa shape index (κ3) is 4.10. The predicted octanol–water partition coefficient (Wildman–Crippen LogP) is 6.32. The molecular weight excluding hydrogens is 410 g/mol. The van der Waals surface area contributed by atoms with Gasteiger partial charge in [-0.25, -0.2) is 4.79 Å². The zero-order valence-electron chi connectivity index (χ0n) is 18.9. The largest absolute Gasteiger partial charge is 0.494 e. The maximum absolute atomic E-state index is 13.7. The van der Waals surface area contributed by atoms with Gasteiger partial charge in [0.2, 0.25) is 0 Å². The van der Waals surface area contributed by atoms with Crippen LogP contribution in [0.15, 0.2) is 91.1 Å². The van der Waals surface area contributed by atoms with Crippen molar-refractivity contribution in [3.8, 4) is 11.4 Å². The Kier molecular flexibility index (Phi) is 5.61. The van der Waals surface area contributed by atoms with Gasteiger partial charge in [-0.15, -0.1) is 0 Å². The Morgan fingerprint density at radius 3 is 2.48 bits per heavy atom. The van der Waals surface area contributed by atoms with E-state index in [2.05, 4.69) is 65.5 Å². The molecule has 5 heteroatoms. The molecule has 33 heavy (non-hydrogen) atoms. The summed E-state index contributed by atoms with van der Waals surface area (Å²) >= 11 is 0. The van der Waals surface area contributed by atoms with Crippen LogP contribution in [0.2, 0.25) is 0 Å². The van der Waals surface area contributed by atoms with E-state index in [1.54, 1.807) is 0 Å². The molecule has 0 fully saturated rings. The van der Waals surface area contributed by atoms with Crippen LogP contribution in [0, 0.1) is 6.92 Å². The summed E-state index contributed by atoms with van der Waals surface area (Å²) in [7, 11) is 0. The second-order valence-electron chi connectivity index (χ2n) is 8.26. The Hall–Kier alpha value is -3.99. The molecule has 166 valence electrons. The zero-order valence-corrected chi connectivity index (χ0v) is 18.9. The summed E-state index contributed by atoms with van der Waals surface area (Å²) < 4.78 is 7.72. The number of hydrogen-bond donors (Lipinski definition) is 1. The first-order valence-corrected chi connectivity index (χ1v) is 11.3. The molecule has 2 amide bonds. The molecule has 1 aromatic heterocycles. The molecule has 1 aliphatic heterocycles. The molecule has 4 aromatic rings. The summed E-state index contributed by atoms with van der Waals surface area (Å²) in [5.41, 5.74) is 6.27. The van der Waals surface area contributed by atoms with Crippen molar-refractivity contribution in [1.82, 2.24) is 9.47 Å². The lowest BCUT2D eigenvalue weighted by molar-refractivity contribution is 0.194. The van der Waals surface area contributed by atoms with Crippen molar-refractivity contribution in [3.63, 3.8) is 0 Å². The molecular formula is C28H27N3O2. The van der Waals surface area contributed by atoms with Crippen LogP contribution in [-0.4, -0.2) is 22.1 Å². The Morgan fingerprint density at radius 2 is 1.73 bits per heavy atom. The molecule has 0 spiro atoms. The molecule has 0 saturated carbocycles. The van der Waals surface area contributed by atoms with Gasteiger partial charge in [0.15, 0.2) is 0 Å². The average Bonchev–Trinajstić information content (AvgIpc) is 3.26. The summed E-state index contributed by atoms with van der Waals surface area (Å²) in [5, 5.41) is 3.10. The lowest BCUT2D eigenvalue weighted by Crippen LogP contribution is -2.37. The summed E-state index contributed by atoms with van der Waals surface area (Å²) in [6, 6.07) is 28.0. The maximum atomic E-state index is 13.7. The number of anilines is 1. The van der Waals surface area contributed by atoms with Crippen LogP contribution >= 0.6 is 0 Å². The van der Waals surface area contributed by atoms with Gasteiger partial charge >= 0.3 is 6.03 Å². The molecule has 1 atom stereocenters. The Morgan fingerprint density at radius 1 is 0.970 bits per heavy atom. The number of nitrogens with one attached hydrogen (secondary N) is 1. The number of nitrogens with zero attached hydrogens (tertiary/aromatic N) is 2. The quantitative estimate of drug-likeness (QED) is 0.406. The first-order valence-electron chi connectivity index (χ1n) is 11.3. The van der Waals surface area contributed by atoms with E-state index in [1.165, 1.54) is 5.56 Å². The van der Waals surface area contributed by atoms with Crippen molar-refractivity contribution in [2.24, 2.45) is 0 Å². The van der Waals surface area contributed by atoms with Crippen LogP contribution in [-0.2, 0) is 6.54 Å². The van der Waals surface area contributed by atoms with Crippen LogP contribution in [0.4, 0.5) is 10.5 Å². The Bertz CT molecular complexity index is 1260. The molecule has 1 aliphatic rings. The van der Waals surface area contributed by atoms with Crippen molar-refractivity contribution >= 4 is 11.7 Å². The molecule has 3 aromatic carbocycles. The number of para-hydroxylation sites is 1. The number of hydrogen-bond acceptors (Lipinski definition) is 2. The molecule has 0 unspecified atom stereocenters. The van der Waals surface area contributed by atoms with Gasteiger partial charge in [0.1, 0.15) is 5.75 Å². The second-order valence-corrected chi connectivity index (χ2v) is 8.26. The molecule has 0 bridgehead atoms. The molecule has 0 radical (unpaired) electrons. The smallest absolute Gasteiger partial charge is 0.322 e. The first kappa shape index (κ1) is 20.9. The van der Waals surface area contributed by atoms with Gasteiger partial charge < -0.3 is 19.5 Å². The Labute approximate surface area is 194 Å². The van der Waals surface area contributed by atoms with Crippen LogP contribution < -0.4 is 10.1 Å². The minimum atomic E-state index is -0.226. The third-order valence-corrected chi connectivity index (χ3v) is 6.03. The molecule has 0 aliphatic carbocycles. The van der Waals surface area contributed by atoms with Gasteiger partial charge in [-0.2, -0.15) is 0 Å². The zero-order chi connectivity index (χ0) is 22.8. The van der Waals surface area contributed by atoms with E-state index in [0.29, 0.717) is 13.2 Å². The number of aromatic nitrogens is 1. The van der Waals surface area contributed by atoms with Crippen LogP contribution in [0.1, 0.15) is 35.3 Å². The number of carbonyl (C=O) groups excluding carboxylic acids is 1. The van der Waals surface area contributed by atoms with E-state index in [9.17, 15) is 4.79 Å². The van der Waals surface area contributed by atoms with Crippen molar-refractivity contribution < 1.29 is 9.53 Å². The summed E-state index contributed by atoms with van der Waals surface area (Å²) in [6.07, 6.45) is 2.07. The first-order chi connectivity index (χ1) is 16.1. The van der Waals surface area contributed by atoms with Crippen LogP contribution in [0.5, 0.6) is 5.75 Å². The minimum absolute atomic E-state index is 0.144. The van der Waals surface area contributed by atoms with Gasteiger partial charge in [0.05, 0.1) is 24.9 Å². The van der Waals surface area contributed by atoms with E-state index >= 15 is 0 Å². The number of urea groups is 1. The third-order valence-electron chi connectivity index (χ3n) is 6.03. The second kappa shape index (κ2) is 8.87. The standard InChI is InChI=1S/C28H27N3O2/c1-3-33-24-16-14-23(15-17-24)29-28(32)31-19-22-7-4-5-8-25(22)30-18-6-9-26(30)27(31)21-12-10-20(2)11-13-21/h4-18,27H,3,19H2,1-2H3,(H,29,32)/t27-/m0/s1. The van der Waals surface area contributed by atoms with Gasteiger partial charge in [-0.1, -0.05) is 48.0 Å². The fourth-order valence-electron chi connectivity index (χ4n) is 4.44. The highest BCUT2D eigenvalue weighted by atomic mass is 16.5. The molecule has 5 nitrogen and oxygen atoms in total. The summed E-state index contributed by atoms with van der Waals surface area (Å²) in [4.78, 5) is 15.6. The molecule has 5 rings (SSSR count). The van der Waals surface area contributed by atoms with E-state index < -0.39 is 0 Å². The van der Waals surface area contributed by atoms with Gasteiger partial charge in [0.25, 0.3) is 0 Å². The molecule has 1 N–H and O–H groups in total. The number of carbonyl (C=O) groups is 1. The van der Waals surface area contributed by atoms with E-state index in [1.807, 2.05) is 54.3 Å². The Balaban J connectivity index is 1.55. The number of ether oxygens (including phenoxy) is 1. The van der Waals surface area contributed by atoms with Crippen molar-refractivity contribution in [2.45, 2.75) is 26.4 Å². The number of fused-ring (bicyclic) bond motifs is 3. The highest BCUT2D eigenvalue weighted by Crippen LogP contribution is 2.37. The van der Waals surface area contributed by atoms with E-state index in [4.69, 9.17) is 4.74 Å². The maximum Gasteiger partial charge on any atom is 0.322 e. The SMILES string of the molecule is CCOc1ccc(NC(=O)N2Cc3ccccc3-n3cccc3[C@@H]2c2ccc(C)cc2)cc1. The lowest BCUT2D eigenvalue weighted by Gasteiger charge is -2.31. The van der Waals surface area contributed by atoms with Gasteiger partial charge in [0, 0.05) is 17.6 Å². The minimum Gasteiger partial charge on any atom is -0.494 e. The average molecular weight is 438 g/mol. The van der Waals surface area contributed by atoms with Gasteiger partial charge in [-0.3, -0.25) is 0 Å². The highest BCUT2D eigenvalue weighted by molar-refractivity contribution is 5.90. The normalized spacial score (nSPS) is 14.7. The highest BCUT2D eigenvalue weighted by Gasteiger charge is 2.32. The molecule has 2 heterocycles. The van der Waals surface area contributed by atoms with Gasteiger partial charge in [-0.05, 0) is 67.4 Å². The van der Waals surface area contributed by atoms with Crippen molar-refractivity contribution in [2.75, 3.05) is 11.9 Å².